The third-order valence-corrected chi connectivity index (χ3v) is 2.63. The normalized spacial score (nSPS) is 10.2. The first kappa shape index (κ1) is 11.3. The molecule has 1 rings (SSSR count). The van der Waals surface area contributed by atoms with E-state index < -0.39 is 0 Å². The Morgan fingerprint density at radius 3 is 2.86 bits per heavy atom. The van der Waals surface area contributed by atoms with Crippen molar-refractivity contribution in [3.63, 3.8) is 0 Å². The number of methoxy groups -OCH3 is 1. The quantitative estimate of drug-likeness (QED) is 0.644. The van der Waals surface area contributed by atoms with Crippen LogP contribution in [0.25, 0.3) is 0 Å². The number of nitrogens with two attached hydrogens (primary N) is 1. The molecule has 4 heteroatoms. The van der Waals surface area contributed by atoms with E-state index in [9.17, 15) is 0 Å². The van der Waals surface area contributed by atoms with Crippen LogP contribution < -0.4 is 11.1 Å². The maximum atomic E-state index is 5.76. The monoisotopic (exact) mass is 258 g/mol. The van der Waals surface area contributed by atoms with E-state index in [1.54, 1.807) is 7.11 Å². The highest BCUT2D eigenvalue weighted by Crippen LogP contribution is 2.27. The van der Waals surface area contributed by atoms with Crippen LogP contribution in [0, 0.1) is 6.92 Å². The minimum Gasteiger partial charge on any atom is -0.398 e. The van der Waals surface area contributed by atoms with Gasteiger partial charge in [0.15, 0.2) is 0 Å². The Morgan fingerprint density at radius 2 is 2.21 bits per heavy atom. The summed E-state index contributed by atoms with van der Waals surface area (Å²) in [5.41, 5.74) is 8.69. The maximum absolute atomic E-state index is 5.76. The Bertz CT molecular complexity index is 315. The summed E-state index contributed by atoms with van der Waals surface area (Å²) in [5.74, 6) is 0. The minimum absolute atomic E-state index is 0.690. The van der Waals surface area contributed by atoms with Crippen molar-refractivity contribution in [2.75, 3.05) is 31.3 Å². The van der Waals surface area contributed by atoms with Crippen LogP contribution in [-0.2, 0) is 4.74 Å². The Labute approximate surface area is 92.8 Å². The first-order valence-electron chi connectivity index (χ1n) is 4.43. The number of halogens is 1. The van der Waals surface area contributed by atoms with Crippen LogP contribution in [0.1, 0.15) is 5.56 Å². The Kier molecular flexibility index (Phi) is 4.22. The molecule has 1 aromatic rings. The molecule has 1 aromatic carbocycles. The van der Waals surface area contributed by atoms with Crippen LogP contribution in [0.2, 0.25) is 0 Å². The summed E-state index contributed by atoms with van der Waals surface area (Å²) < 4.78 is 5.94. The summed E-state index contributed by atoms with van der Waals surface area (Å²) in [6, 6.07) is 3.93. The van der Waals surface area contributed by atoms with Gasteiger partial charge in [0, 0.05) is 29.5 Å². The Balaban J connectivity index is 2.72. The van der Waals surface area contributed by atoms with Gasteiger partial charge in [-0.15, -0.1) is 0 Å². The average molecular weight is 259 g/mol. The molecule has 3 N–H and O–H groups in total. The fraction of sp³-hybridized carbons (Fsp3) is 0.400. The molecular formula is C10H15BrN2O. The number of hydrogen-bond acceptors (Lipinski definition) is 3. The van der Waals surface area contributed by atoms with Crippen molar-refractivity contribution < 1.29 is 4.74 Å². The third-order valence-electron chi connectivity index (χ3n) is 1.98. The van der Waals surface area contributed by atoms with Crippen LogP contribution in [0.4, 0.5) is 11.4 Å². The first-order chi connectivity index (χ1) is 6.65. The van der Waals surface area contributed by atoms with Crippen molar-refractivity contribution in [1.82, 2.24) is 0 Å². The average Bonchev–Trinajstić information content (AvgIpc) is 2.14. The molecule has 0 atom stereocenters. The number of rotatable bonds is 4. The SMILES string of the molecule is COCCNc1cc(C)c(N)cc1Br. The van der Waals surface area contributed by atoms with Gasteiger partial charge in [-0.25, -0.2) is 0 Å². The van der Waals surface area contributed by atoms with Crippen LogP contribution in [0.5, 0.6) is 0 Å². The lowest BCUT2D eigenvalue weighted by Crippen LogP contribution is -2.08. The number of anilines is 2. The van der Waals surface area contributed by atoms with Gasteiger partial charge < -0.3 is 15.8 Å². The van der Waals surface area contributed by atoms with E-state index in [4.69, 9.17) is 10.5 Å². The summed E-state index contributed by atoms with van der Waals surface area (Å²) in [6.45, 7) is 3.47. The first-order valence-corrected chi connectivity index (χ1v) is 5.23. The number of benzene rings is 1. The standard InChI is InChI=1S/C10H15BrN2O/c1-7-5-10(13-3-4-14-2)8(11)6-9(7)12/h5-6,13H,3-4,12H2,1-2H3. The van der Waals surface area contributed by atoms with E-state index in [-0.39, 0.29) is 0 Å². The predicted molar refractivity (Wildman–Crippen MR) is 63.7 cm³/mol. The molecule has 0 unspecified atom stereocenters. The van der Waals surface area contributed by atoms with E-state index in [1.807, 2.05) is 19.1 Å². The van der Waals surface area contributed by atoms with Crippen LogP contribution in [0.3, 0.4) is 0 Å². The highest BCUT2D eigenvalue weighted by atomic mass is 79.9. The predicted octanol–water partition coefficient (Wildman–Crippen LogP) is 2.40. The lowest BCUT2D eigenvalue weighted by Gasteiger charge is -2.10. The van der Waals surface area contributed by atoms with Crippen LogP contribution >= 0.6 is 15.9 Å². The fourth-order valence-corrected chi connectivity index (χ4v) is 1.62. The summed E-state index contributed by atoms with van der Waals surface area (Å²) >= 11 is 3.45. The number of aryl methyl sites for hydroxylation is 1. The molecule has 0 radical (unpaired) electrons. The zero-order chi connectivity index (χ0) is 10.6. The zero-order valence-electron chi connectivity index (χ0n) is 8.43. The molecule has 0 heterocycles. The lowest BCUT2D eigenvalue weighted by molar-refractivity contribution is 0.211. The second-order valence-electron chi connectivity index (χ2n) is 3.11. The van der Waals surface area contributed by atoms with Crippen molar-refractivity contribution in [1.29, 1.82) is 0 Å². The summed E-state index contributed by atoms with van der Waals surface area (Å²) in [6.07, 6.45) is 0. The van der Waals surface area contributed by atoms with Gasteiger partial charge in [-0.2, -0.15) is 0 Å². The second-order valence-corrected chi connectivity index (χ2v) is 3.96. The molecule has 0 spiro atoms. The molecule has 14 heavy (non-hydrogen) atoms. The van der Waals surface area contributed by atoms with Gasteiger partial charge >= 0.3 is 0 Å². The Hall–Kier alpha value is -0.740. The molecule has 0 saturated carbocycles. The van der Waals surface area contributed by atoms with E-state index in [0.717, 1.165) is 28.0 Å². The smallest absolute Gasteiger partial charge is 0.0635 e. The van der Waals surface area contributed by atoms with Crippen molar-refractivity contribution >= 4 is 27.3 Å². The van der Waals surface area contributed by atoms with Gasteiger partial charge in [-0.3, -0.25) is 0 Å². The highest BCUT2D eigenvalue weighted by Gasteiger charge is 2.02. The van der Waals surface area contributed by atoms with Gasteiger partial charge in [0.05, 0.1) is 6.61 Å². The van der Waals surface area contributed by atoms with Gasteiger partial charge in [0.25, 0.3) is 0 Å². The summed E-state index contributed by atoms with van der Waals surface area (Å²) in [5, 5.41) is 3.25. The molecule has 0 saturated heterocycles. The molecule has 0 aliphatic rings. The third kappa shape index (κ3) is 2.89. The molecule has 0 bridgehead atoms. The fourth-order valence-electron chi connectivity index (χ4n) is 1.12. The lowest BCUT2D eigenvalue weighted by atomic mass is 10.2. The largest absolute Gasteiger partial charge is 0.398 e. The molecule has 0 aromatic heterocycles. The zero-order valence-corrected chi connectivity index (χ0v) is 10.0. The summed E-state index contributed by atoms with van der Waals surface area (Å²) in [4.78, 5) is 0. The van der Waals surface area contributed by atoms with Crippen LogP contribution in [-0.4, -0.2) is 20.3 Å². The Morgan fingerprint density at radius 1 is 1.50 bits per heavy atom. The maximum Gasteiger partial charge on any atom is 0.0635 e. The van der Waals surface area contributed by atoms with E-state index in [1.165, 1.54) is 0 Å². The van der Waals surface area contributed by atoms with Crippen LogP contribution in [0.15, 0.2) is 16.6 Å². The van der Waals surface area contributed by atoms with Gasteiger partial charge in [0.1, 0.15) is 0 Å². The second kappa shape index (κ2) is 5.22. The van der Waals surface area contributed by atoms with Crippen molar-refractivity contribution in [3.8, 4) is 0 Å². The van der Waals surface area contributed by atoms with Gasteiger partial charge in [-0.05, 0) is 40.5 Å². The number of nitrogens with one attached hydrogen (secondary N) is 1. The van der Waals surface area contributed by atoms with Crippen molar-refractivity contribution in [2.24, 2.45) is 0 Å². The molecule has 0 aliphatic carbocycles. The molecule has 0 amide bonds. The molecular weight excluding hydrogens is 244 g/mol. The highest BCUT2D eigenvalue weighted by molar-refractivity contribution is 9.10. The summed E-state index contributed by atoms with van der Waals surface area (Å²) in [7, 11) is 1.69. The van der Waals surface area contributed by atoms with Gasteiger partial charge in [0.2, 0.25) is 0 Å². The molecule has 0 fully saturated rings. The topological polar surface area (TPSA) is 47.3 Å². The number of ether oxygens (including phenoxy) is 1. The van der Waals surface area contributed by atoms with Gasteiger partial charge in [-0.1, -0.05) is 0 Å². The molecule has 0 aliphatic heterocycles. The number of hydrogen-bond donors (Lipinski definition) is 2. The number of nitrogen functional groups attached to an aromatic ring is 1. The molecule has 3 nitrogen and oxygen atoms in total. The minimum atomic E-state index is 0.690. The van der Waals surface area contributed by atoms with Crippen molar-refractivity contribution in [2.45, 2.75) is 6.92 Å². The van der Waals surface area contributed by atoms with Crippen molar-refractivity contribution in [3.05, 3.63) is 22.2 Å². The molecule has 78 valence electrons. The van der Waals surface area contributed by atoms with E-state index in [2.05, 4.69) is 21.2 Å². The van der Waals surface area contributed by atoms with E-state index >= 15 is 0 Å². The van der Waals surface area contributed by atoms with E-state index in [0.29, 0.717) is 6.61 Å².